The molecular weight excluding hydrogens is 358 g/mol. The van der Waals surface area contributed by atoms with Crippen molar-refractivity contribution < 1.29 is 4.79 Å². The van der Waals surface area contributed by atoms with Gasteiger partial charge in [-0.3, -0.25) is 4.79 Å². The molecule has 1 amide bonds. The quantitative estimate of drug-likeness (QED) is 0.712. The number of rotatable bonds is 2. The van der Waals surface area contributed by atoms with Gasteiger partial charge in [-0.1, -0.05) is 36.8 Å². The molecule has 4 heteroatoms. The number of hydrogen-bond donors (Lipinski definition) is 1. The van der Waals surface area contributed by atoms with Crippen LogP contribution in [-0.2, 0) is 4.79 Å². The number of nitrogens with one attached hydrogen (secondary N) is 1. The van der Waals surface area contributed by atoms with E-state index >= 15 is 0 Å². The molecule has 3 aliphatic rings. The van der Waals surface area contributed by atoms with E-state index in [1.807, 2.05) is 12.1 Å². The van der Waals surface area contributed by atoms with Crippen LogP contribution in [0.5, 0.6) is 0 Å². The van der Waals surface area contributed by atoms with Crippen LogP contribution in [-0.4, -0.2) is 21.5 Å². The molecule has 1 saturated heterocycles. The molecule has 1 N–H and O–H groups in total. The molecule has 26 heavy (non-hydrogen) atoms. The molecule has 1 spiro atoms. The second-order valence-electron chi connectivity index (χ2n) is 7.96. The van der Waals surface area contributed by atoms with Gasteiger partial charge in [0.25, 0.3) is 0 Å². The smallest absolute Gasteiger partial charge is 0.227 e. The first-order valence-corrected chi connectivity index (χ1v) is 11.8. The normalized spacial score (nSPS) is 29.8. The SMILES string of the molecule is O=C(Nc1ccc2ccccc2c1)C1C[C@H]2CCC[C@H](C1)C21SCCS1. The Bertz CT molecular complexity index is 814. The molecule has 1 aliphatic heterocycles. The van der Waals surface area contributed by atoms with Crippen LogP contribution in [0, 0.1) is 17.8 Å². The van der Waals surface area contributed by atoms with Crippen LogP contribution in [0.15, 0.2) is 42.5 Å². The summed E-state index contributed by atoms with van der Waals surface area (Å²) in [6.45, 7) is 0. The summed E-state index contributed by atoms with van der Waals surface area (Å²) in [5.41, 5.74) is 0.934. The largest absolute Gasteiger partial charge is 0.326 e. The average molecular weight is 384 g/mol. The molecule has 2 aliphatic carbocycles. The van der Waals surface area contributed by atoms with Crippen LogP contribution >= 0.6 is 23.5 Å². The fourth-order valence-electron chi connectivity index (χ4n) is 5.33. The summed E-state index contributed by atoms with van der Waals surface area (Å²) in [4.78, 5) is 13.0. The number of carbonyl (C=O) groups excluding carboxylic acids is 1. The van der Waals surface area contributed by atoms with E-state index in [1.165, 1.54) is 41.5 Å². The summed E-state index contributed by atoms with van der Waals surface area (Å²) >= 11 is 4.42. The van der Waals surface area contributed by atoms with Gasteiger partial charge in [-0.2, -0.15) is 0 Å². The average Bonchev–Trinajstić information content (AvgIpc) is 3.11. The minimum atomic E-state index is 0.184. The van der Waals surface area contributed by atoms with E-state index in [9.17, 15) is 4.79 Å². The van der Waals surface area contributed by atoms with Crippen LogP contribution in [0.4, 0.5) is 5.69 Å². The second-order valence-corrected chi connectivity index (χ2v) is 11.0. The predicted molar refractivity (Wildman–Crippen MR) is 114 cm³/mol. The molecule has 1 heterocycles. The maximum atomic E-state index is 13.0. The Labute approximate surface area is 163 Å². The van der Waals surface area contributed by atoms with E-state index in [1.54, 1.807) is 0 Å². The van der Waals surface area contributed by atoms with Crippen molar-refractivity contribution >= 4 is 45.9 Å². The first kappa shape index (κ1) is 17.0. The number of thioether (sulfide) groups is 2. The molecule has 2 aromatic carbocycles. The van der Waals surface area contributed by atoms with Crippen LogP contribution in [0.2, 0.25) is 0 Å². The summed E-state index contributed by atoms with van der Waals surface area (Å²) in [6.07, 6.45) is 6.15. The Kier molecular flexibility index (Phi) is 4.44. The van der Waals surface area contributed by atoms with Gasteiger partial charge in [-0.25, -0.2) is 0 Å². The number of carbonyl (C=O) groups is 1. The monoisotopic (exact) mass is 383 g/mol. The number of anilines is 1. The Hall–Kier alpha value is -1.13. The lowest BCUT2D eigenvalue weighted by molar-refractivity contribution is -0.122. The van der Waals surface area contributed by atoms with E-state index in [0.29, 0.717) is 4.08 Å². The summed E-state index contributed by atoms with van der Waals surface area (Å²) < 4.78 is 0.442. The number of benzene rings is 2. The molecule has 5 rings (SSSR count). The van der Waals surface area contributed by atoms with Crippen molar-refractivity contribution in [2.24, 2.45) is 17.8 Å². The first-order chi connectivity index (χ1) is 12.7. The van der Waals surface area contributed by atoms with Crippen LogP contribution in [0.3, 0.4) is 0 Å². The van der Waals surface area contributed by atoms with Gasteiger partial charge in [0, 0.05) is 23.1 Å². The van der Waals surface area contributed by atoms with E-state index in [0.717, 1.165) is 30.4 Å². The Balaban J connectivity index is 1.33. The van der Waals surface area contributed by atoms with Crippen molar-refractivity contribution in [3.63, 3.8) is 0 Å². The summed E-state index contributed by atoms with van der Waals surface area (Å²) in [7, 11) is 0. The Morgan fingerprint density at radius 3 is 2.38 bits per heavy atom. The third-order valence-corrected chi connectivity index (χ3v) is 10.5. The molecule has 136 valence electrons. The molecule has 3 fully saturated rings. The van der Waals surface area contributed by atoms with Gasteiger partial charge < -0.3 is 5.32 Å². The van der Waals surface area contributed by atoms with Crippen molar-refractivity contribution in [1.82, 2.24) is 0 Å². The lowest BCUT2D eigenvalue weighted by atomic mass is 9.67. The summed E-state index contributed by atoms with van der Waals surface area (Å²) in [5.74, 6) is 4.46. The van der Waals surface area contributed by atoms with Crippen molar-refractivity contribution in [3.8, 4) is 0 Å². The molecule has 2 atom stereocenters. The zero-order valence-electron chi connectivity index (χ0n) is 14.9. The fraction of sp³-hybridized carbons (Fsp3) is 0.500. The van der Waals surface area contributed by atoms with Gasteiger partial charge in [0.15, 0.2) is 0 Å². The van der Waals surface area contributed by atoms with E-state index in [4.69, 9.17) is 0 Å². The lowest BCUT2D eigenvalue weighted by Gasteiger charge is -2.52. The van der Waals surface area contributed by atoms with Crippen molar-refractivity contribution in [3.05, 3.63) is 42.5 Å². The summed E-state index contributed by atoms with van der Waals surface area (Å²) in [6, 6.07) is 14.5. The van der Waals surface area contributed by atoms with Crippen molar-refractivity contribution in [2.45, 2.75) is 36.2 Å². The molecule has 2 saturated carbocycles. The third-order valence-electron chi connectivity index (χ3n) is 6.51. The molecule has 2 nitrogen and oxygen atoms in total. The molecule has 2 bridgehead atoms. The highest BCUT2D eigenvalue weighted by Gasteiger charge is 2.55. The number of hydrogen-bond acceptors (Lipinski definition) is 3. The minimum absolute atomic E-state index is 0.184. The van der Waals surface area contributed by atoms with Crippen LogP contribution < -0.4 is 5.32 Å². The molecule has 0 radical (unpaired) electrons. The number of fused-ring (bicyclic) bond motifs is 1. The van der Waals surface area contributed by atoms with E-state index in [-0.39, 0.29) is 11.8 Å². The van der Waals surface area contributed by atoms with Gasteiger partial charge >= 0.3 is 0 Å². The minimum Gasteiger partial charge on any atom is -0.326 e. The highest BCUT2D eigenvalue weighted by atomic mass is 32.2. The Morgan fingerprint density at radius 2 is 1.65 bits per heavy atom. The van der Waals surface area contributed by atoms with Gasteiger partial charge in [-0.05, 0) is 60.4 Å². The zero-order valence-corrected chi connectivity index (χ0v) is 16.6. The fourth-order valence-corrected chi connectivity index (χ4v) is 9.27. The number of amides is 1. The predicted octanol–water partition coefficient (Wildman–Crippen LogP) is 5.78. The molecule has 2 aromatic rings. The third kappa shape index (κ3) is 2.86. The van der Waals surface area contributed by atoms with Crippen LogP contribution in [0.25, 0.3) is 10.8 Å². The maximum Gasteiger partial charge on any atom is 0.227 e. The van der Waals surface area contributed by atoms with E-state index in [2.05, 4.69) is 59.2 Å². The Morgan fingerprint density at radius 1 is 0.962 bits per heavy atom. The maximum absolute atomic E-state index is 13.0. The topological polar surface area (TPSA) is 29.1 Å². The van der Waals surface area contributed by atoms with Crippen LogP contribution in [0.1, 0.15) is 32.1 Å². The second kappa shape index (κ2) is 6.79. The van der Waals surface area contributed by atoms with Gasteiger partial charge in [0.1, 0.15) is 0 Å². The van der Waals surface area contributed by atoms with Gasteiger partial charge in [-0.15, -0.1) is 23.5 Å². The molecular formula is C22H25NOS2. The highest BCUT2D eigenvalue weighted by molar-refractivity contribution is 8.21. The van der Waals surface area contributed by atoms with Crippen molar-refractivity contribution in [2.75, 3.05) is 16.8 Å². The van der Waals surface area contributed by atoms with Crippen molar-refractivity contribution in [1.29, 1.82) is 0 Å². The zero-order chi connectivity index (χ0) is 17.6. The first-order valence-electron chi connectivity index (χ1n) is 9.82. The van der Waals surface area contributed by atoms with E-state index < -0.39 is 0 Å². The lowest BCUT2D eigenvalue weighted by Crippen LogP contribution is -2.48. The standard InChI is InChI=1S/C22H25NOS2/c24-21(23-20-9-8-15-4-1-2-5-16(15)14-20)17-12-18-6-3-7-19(13-17)22(18)25-10-11-26-22/h1-2,4-5,8-9,14,17-19H,3,6-7,10-13H2,(H,23,24)/t18-,19-/m1/s1. The molecule has 0 unspecified atom stereocenters. The highest BCUT2D eigenvalue weighted by Crippen LogP contribution is 2.64. The van der Waals surface area contributed by atoms with Gasteiger partial charge in [0.05, 0.1) is 4.08 Å². The molecule has 0 aromatic heterocycles. The summed E-state index contributed by atoms with van der Waals surface area (Å²) in [5, 5.41) is 5.62. The van der Waals surface area contributed by atoms with Gasteiger partial charge in [0.2, 0.25) is 5.91 Å².